The zero-order valence-corrected chi connectivity index (χ0v) is 16.1. The van der Waals surface area contributed by atoms with Gasteiger partial charge in [0.1, 0.15) is 0 Å². The van der Waals surface area contributed by atoms with Crippen molar-refractivity contribution in [3.8, 4) is 0 Å². The quantitative estimate of drug-likeness (QED) is 0.570. The van der Waals surface area contributed by atoms with Crippen LogP contribution in [0.25, 0.3) is 0 Å². The lowest BCUT2D eigenvalue weighted by molar-refractivity contribution is -0.141. The minimum atomic E-state index is -0.429. The fourth-order valence-corrected chi connectivity index (χ4v) is 2.96. The van der Waals surface area contributed by atoms with E-state index in [1.807, 2.05) is 50.2 Å². The van der Waals surface area contributed by atoms with Crippen LogP contribution in [-0.2, 0) is 9.53 Å². The second kappa shape index (κ2) is 8.28. The third-order valence-electron chi connectivity index (χ3n) is 3.82. The molecule has 0 aliphatic rings. The molecule has 0 aliphatic carbocycles. The van der Waals surface area contributed by atoms with E-state index >= 15 is 0 Å². The highest BCUT2D eigenvalue weighted by atomic mass is 127. The van der Waals surface area contributed by atoms with Gasteiger partial charge in [-0.05, 0) is 53.6 Å². The van der Waals surface area contributed by atoms with Gasteiger partial charge in [-0.2, -0.15) is 0 Å². The third-order valence-corrected chi connectivity index (χ3v) is 5.25. The second-order valence-corrected chi connectivity index (χ2v) is 6.73. The Hall–Kier alpha value is -1.89. The van der Waals surface area contributed by atoms with Crippen LogP contribution >= 0.6 is 22.6 Å². The van der Waals surface area contributed by atoms with Crippen molar-refractivity contribution in [3.05, 3.63) is 68.3 Å². The number of carbonyl (C=O) groups is 2. The van der Waals surface area contributed by atoms with E-state index in [0.717, 1.165) is 20.3 Å². The molecule has 0 aliphatic heterocycles. The summed E-state index contributed by atoms with van der Waals surface area (Å²) in [6, 6.07) is 12.9. The molecular formula is C19H20INO3. The summed E-state index contributed by atoms with van der Waals surface area (Å²) in [6.45, 7) is 3.96. The van der Waals surface area contributed by atoms with E-state index in [4.69, 9.17) is 4.74 Å². The maximum absolute atomic E-state index is 12.7. The van der Waals surface area contributed by atoms with Crippen LogP contribution in [0.15, 0.2) is 42.5 Å². The van der Waals surface area contributed by atoms with Crippen molar-refractivity contribution in [2.24, 2.45) is 0 Å². The van der Waals surface area contributed by atoms with Crippen molar-refractivity contribution in [3.63, 3.8) is 0 Å². The molecule has 1 N–H and O–H groups in total. The Morgan fingerprint density at radius 1 is 1.12 bits per heavy atom. The zero-order chi connectivity index (χ0) is 17.7. The average molecular weight is 437 g/mol. The summed E-state index contributed by atoms with van der Waals surface area (Å²) in [5, 5.41) is 2.96. The first-order valence-corrected chi connectivity index (χ1v) is 8.69. The molecule has 5 heteroatoms. The summed E-state index contributed by atoms with van der Waals surface area (Å²) in [6.07, 6.45) is 0.0910. The Bertz CT molecular complexity index is 741. The van der Waals surface area contributed by atoms with Gasteiger partial charge in [0.05, 0.1) is 25.1 Å². The van der Waals surface area contributed by atoms with Gasteiger partial charge in [0.2, 0.25) is 0 Å². The summed E-state index contributed by atoms with van der Waals surface area (Å²) in [4.78, 5) is 24.4. The van der Waals surface area contributed by atoms with Crippen LogP contribution in [0.1, 0.15) is 39.5 Å². The molecule has 1 amide bonds. The first kappa shape index (κ1) is 18.4. The second-order valence-electron chi connectivity index (χ2n) is 5.65. The molecule has 24 heavy (non-hydrogen) atoms. The number of esters is 1. The highest BCUT2D eigenvalue weighted by Crippen LogP contribution is 2.21. The smallest absolute Gasteiger partial charge is 0.307 e. The van der Waals surface area contributed by atoms with Gasteiger partial charge in [-0.15, -0.1) is 0 Å². The molecule has 0 saturated carbocycles. The summed E-state index contributed by atoms with van der Waals surface area (Å²) in [5.41, 5.74) is 3.65. The zero-order valence-electron chi connectivity index (χ0n) is 13.9. The van der Waals surface area contributed by atoms with Gasteiger partial charge in [-0.3, -0.25) is 9.59 Å². The number of methoxy groups -OCH3 is 1. The minimum Gasteiger partial charge on any atom is -0.469 e. The normalized spacial score (nSPS) is 11.7. The molecule has 0 radical (unpaired) electrons. The molecule has 2 aromatic carbocycles. The molecular weight excluding hydrogens is 417 g/mol. The Kier molecular flexibility index (Phi) is 6.36. The molecule has 2 rings (SSSR count). The van der Waals surface area contributed by atoms with Crippen LogP contribution in [0.5, 0.6) is 0 Å². The highest BCUT2D eigenvalue weighted by Gasteiger charge is 2.21. The number of hydrogen-bond acceptors (Lipinski definition) is 3. The van der Waals surface area contributed by atoms with Gasteiger partial charge in [0.25, 0.3) is 5.91 Å². The van der Waals surface area contributed by atoms with E-state index in [1.165, 1.54) is 7.11 Å². The Morgan fingerprint density at radius 3 is 2.42 bits per heavy atom. The number of hydrogen-bond donors (Lipinski definition) is 1. The monoisotopic (exact) mass is 437 g/mol. The number of benzene rings is 2. The molecule has 0 saturated heterocycles. The van der Waals surface area contributed by atoms with E-state index in [9.17, 15) is 9.59 Å². The topological polar surface area (TPSA) is 55.4 Å². The van der Waals surface area contributed by atoms with Crippen molar-refractivity contribution in [1.29, 1.82) is 0 Å². The maximum atomic E-state index is 12.7. The molecule has 2 aromatic rings. The van der Waals surface area contributed by atoms with Crippen molar-refractivity contribution in [1.82, 2.24) is 5.32 Å². The van der Waals surface area contributed by atoms with Crippen LogP contribution in [0.4, 0.5) is 0 Å². The number of carbonyl (C=O) groups excluding carboxylic acids is 2. The standard InChI is InChI=1S/C19H20INO3/c1-12-7-9-14(10-8-12)16(11-17(22)24-3)21-19(23)15-6-4-5-13(2)18(15)20/h4-10,16H,11H2,1-3H3,(H,21,23). The lowest BCUT2D eigenvalue weighted by atomic mass is 10.0. The number of aryl methyl sites for hydroxylation is 2. The van der Waals surface area contributed by atoms with Gasteiger partial charge in [-0.25, -0.2) is 0 Å². The molecule has 1 atom stereocenters. The van der Waals surface area contributed by atoms with E-state index in [0.29, 0.717) is 5.56 Å². The van der Waals surface area contributed by atoms with E-state index in [1.54, 1.807) is 6.07 Å². The van der Waals surface area contributed by atoms with Crippen molar-refractivity contribution in [2.75, 3.05) is 7.11 Å². The van der Waals surface area contributed by atoms with Crippen LogP contribution in [0.3, 0.4) is 0 Å². The lowest BCUT2D eigenvalue weighted by Gasteiger charge is -2.19. The molecule has 0 spiro atoms. The SMILES string of the molecule is COC(=O)CC(NC(=O)c1cccc(C)c1I)c1ccc(C)cc1. The number of ether oxygens (including phenoxy) is 1. The summed E-state index contributed by atoms with van der Waals surface area (Å²) in [7, 11) is 1.35. The lowest BCUT2D eigenvalue weighted by Crippen LogP contribution is -2.31. The molecule has 4 nitrogen and oxygen atoms in total. The van der Waals surface area contributed by atoms with Crippen molar-refractivity contribution in [2.45, 2.75) is 26.3 Å². The Morgan fingerprint density at radius 2 is 1.79 bits per heavy atom. The fourth-order valence-electron chi connectivity index (χ4n) is 2.36. The average Bonchev–Trinajstić information content (AvgIpc) is 2.57. The molecule has 0 aromatic heterocycles. The number of halogens is 1. The predicted molar refractivity (Wildman–Crippen MR) is 102 cm³/mol. The summed E-state index contributed by atoms with van der Waals surface area (Å²) >= 11 is 2.17. The van der Waals surface area contributed by atoms with Gasteiger partial charge in [0.15, 0.2) is 0 Å². The van der Waals surface area contributed by atoms with Gasteiger partial charge in [0, 0.05) is 3.57 Å². The summed E-state index contributed by atoms with van der Waals surface area (Å²) < 4.78 is 5.67. The molecule has 0 bridgehead atoms. The first-order chi connectivity index (χ1) is 11.4. The number of amides is 1. The van der Waals surface area contributed by atoms with Crippen molar-refractivity contribution < 1.29 is 14.3 Å². The number of nitrogens with one attached hydrogen (secondary N) is 1. The highest BCUT2D eigenvalue weighted by molar-refractivity contribution is 14.1. The fraction of sp³-hybridized carbons (Fsp3) is 0.263. The largest absolute Gasteiger partial charge is 0.469 e. The van der Waals surface area contributed by atoms with Gasteiger partial charge < -0.3 is 10.1 Å². The Labute approximate surface area is 155 Å². The first-order valence-electron chi connectivity index (χ1n) is 7.61. The van der Waals surface area contributed by atoms with Gasteiger partial charge in [-0.1, -0.05) is 42.0 Å². The maximum Gasteiger partial charge on any atom is 0.307 e. The van der Waals surface area contributed by atoms with Crippen LogP contribution in [0, 0.1) is 17.4 Å². The van der Waals surface area contributed by atoms with Crippen molar-refractivity contribution >= 4 is 34.5 Å². The van der Waals surface area contributed by atoms with Crippen LogP contribution in [0.2, 0.25) is 0 Å². The molecule has 0 fully saturated rings. The molecule has 0 heterocycles. The van der Waals surface area contributed by atoms with Gasteiger partial charge >= 0.3 is 5.97 Å². The van der Waals surface area contributed by atoms with E-state index in [-0.39, 0.29) is 18.3 Å². The summed E-state index contributed by atoms with van der Waals surface area (Å²) in [5.74, 6) is -0.558. The number of rotatable bonds is 5. The van der Waals surface area contributed by atoms with E-state index in [2.05, 4.69) is 27.9 Å². The predicted octanol–water partition coefficient (Wildman–Crippen LogP) is 3.94. The Balaban J connectivity index is 2.27. The minimum absolute atomic E-state index is 0.0910. The molecule has 1 unspecified atom stereocenters. The van der Waals surface area contributed by atoms with Crippen LogP contribution < -0.4 is 5.32 Å². The van der Waals surface area contributed by atoms with E-state index < -0.39 is 6.04 Å². The third kappa shape index (κ3) is 4.56. The molecule has 126 valence electrons. The van der Waals surface area contributed by atoms with Crippen LogP contribution in [-0.4, -0.2) is 19.0 Å².